The van der Waals surface area contributed by atoms with E-state index >= 15 is 0 Å². The van der Waals surface area contributed by atoms with Crippen molar-refractivity contribution in [3.05, 3.63) is 54.4 Å². The molecule has 0 unspecified atom stereocenters. The first-order valence-corrected chi connectivity index (χ1v) is 7.48. The standard InChI is InChI=1S/C14H13N3O2S/c1-10-7-11-8-12(15)9-16-14(11)17(10)20(18,19)13-5-3-2-4-6-13/h2-9H,15H2,1H3. The summed E-state index contributed by atoms with van der Waals surface area (Å²) >= 11 is 0. The highest BCUT2D eigenvalue weighted by atomic mass is 32.2. The van der Waals surface area contributed by atoms with E-state index in [-0.39, 0.29) is 4.90 Å². The van der Waals surface area contributed by atoms with Crippen LogP contribution in [0.25, 0.3) is 11.0 Å². The van der Waals surface area contributed by atoms with Gasteiger partial charge in [-0.2, -0.15) is 0 Å². The van der Waals surface area contributed by atoms with Crippen LogP contribution in [0.15, 0.2) is 53.6 Å². The summed E-state index contributed by atoms with van der Waals surface area (Å²) in [4.78, 5) is 4.39. The highest BCUT2D eigenvalue weighted by Crippen LogP contribution is 2.24. The molecule has 0 fully saturated rings. The molecule has 0 spiro atoms. The molecule has 5 nitrogen and oxygen atoms in total. The zero-order valence-corrected chi connectivity index (χ0v) is 11.6. The number of hydrogen-bond acceptors (Lipinski definition) is 4. The first kappa shape index (κ1) is 12.7. The fraction of sp³-hybridized carbons (Fsp3) is 0.0714. The second kappa shape index (κ2) is 4.35. The Balaban J connectivity index is 2.32. The van der Waals surface area contributed by atoms with Gasteiger partial charge in [-0.25, -0.2) is 17.4 Å². The summed E-state index contributed by atoms with van der Waals surface area (Å²) in [6.45, 7) is 1.73. The number of aromatic nitrogens is 2. The van der Waals surface area contributed by atoms with Crippen LogP contribution in [0, 0.1) is 6.92 Å². The Morgan fingerprint density at radius 3 is 2.55 bits per heavy atom. The fourth-order valence-corrected chi connectivity index (χ4v) is 3.74. The van der Waals surface area contributed by atoms with Crippen molar-refractivity contribution < 1.29 is 8.42 Å². The topological polar surface area (TPSA) is 78.0 Å². The van der Waals surface area contributed by atoms with Crippen LogP contribution < -0.4 is 5.73 Å². The van der Waals surface area contributed by atoms with Gasteiger partial charge in [0.05, 0.1) is 16.8 Å². The third kappa shape index (κ3) is 1.85. The van der Waals surface area contributed by atoms with Gasteiger partial charge >= 0.3 is 0 Å². The number of benzene rings is 1. The molecule has 0 aliphatic rings. The zero-order valence-electron chi connectivity index (χ0n) is 10.8. The molecule has 0 atom stereocenters. The lowest BCUT2D eigenvalue weighted by Crippen LogP contribution is -2.14. The number of hydrogen-bond donors (Lipinski definition) is 1. The molecule has 102 valence electrons. The van der Waals surface area contributed by atoms with E-state index in [1.54, 1.807) is 49.4 Å². The van der Waals surface area contributed by atoms with Crippen LogP contribution in [0.1, 0.15) is 5.69 Å². The second-order valence-electron chi connectivity index (χ2n) is 4.55. The Morgan fingerprint density at radius 1 is 1.15 bits per heavy atom. The van der Waals surface area contributed by atoms with E-state index < -0.39 is 10.0 Å². The molecule has 20 heavy (non-hydrogen) atoms. The van der Waals surface area contributed by atoms with Crippen LogP contribution in [-0.4, -0.2) is 17.4 Å². The van der Waals surface area contributed by atoms with Crippen molar-refractivity contribution in [3.63, 3.8) is 0 Å². The molecular formula is C14H13N3O2S. The number of nitrogens with zero attached hydrogens (tertiary/aromatic N) is 2. The van der Waals surface area contributed by atoms with Gasteiger partial charge in [-0.05, 0) is 31.2 Å². The molecule has 2 N–H and O–H groups in total. The third-order valence-electron chi connectivity index (χ3n) is 3.07. The molecule has 0 bridgehead atoms. The molecule has 3 aromatic rings. The van der Waals surface area contributed by atoms with E-state index in [1.165, 1.54) is 10.2 Å². The summed E-state index contributed by atoms with van der Waals surface area (Å²) in [5.41, 5.74) is 7.18. The molecule has 2 aromatic heterocycles. The van der Waals surface area contributed by atoms with Crippen LogP contribution in [0.4, 0.5) is 5.69 Å². The quantitative estimate of drug-likeness (QED) is 0.783. The Kier molecular flexibility index (Phi) is 2.76. The maximum Gasteiger partial charge on any atom is 0.269 e. The van der Waals surface area contributed by atoms with E-state index in [1.807, 2.05) is 0 Å². The van der Waals surface area contributed by atoms with E-state index in [2.05, 4.69) is 4.98 Å². The summed E-state index contributed by atoms with van der Waals surface area (Å²) in [7, 11) is -3.65. The van der Waals surface area contributed by atoms with Gasteiger partial charge in [-0.15, -0.1) is 0 Å². The van der Waals surface area contributed by atoms with E-state index in [0.717, 1.165) is 0 Å². The summed E-state index contributed by atoms with van der Waals surface area (Å²) < 4.78 is 26.7. The lowest BCUT2D eigenvalue weighted by molar-refractivity contribution is 0.587. The number of nitrogens with two attached hydrogens (primary N) is 1. The van der Waals surface area contributed by atoms with Crippen LogP contribution in [-0.2, 0) is 10.0 Å². The van der Waals surface area contributed by atoms with Crippen LogP contribution >= 0.6 is 0 Å². The Morgan fingerprint density at radius 2 is 1.85 bits per heavy atom. The molecule has 1 aromatic carbocycles. The van der Waals surface area contributed by atoms with E-state index in [4.69, 9.17) is 5.73 Å². The summed E-state index contributed by atoms with van der Waals surface area (Å²) in [5, 5.41) is 0.710. The van der Waals surface area contributed by atoms with Gasteiger partial charge in [-0.1, -0.05) is 18.2 Å². The van der Waals surface area contributed by atoms with Crippen LogP contribution in [0.3, 0.4) is 0 Å². The summed E-state index contributed by atoms with van der Waals surface area (Å²) in [6.07, 6.45) is 1.46. The predicted octanol–water partition coefficient (Wildman–Crippen LogP) is 2.16. The van der Waals surface area contributed by atoms with Crippen LogP contribution in [0.5, 0.6) is 0 Å². The molecule has 6 heteroatoms. The lowest BCUT2D eigenvalue weighted by atomic mass is 10.3. The van der Waals surface area contributed by atoms with Crippen LogP contribution in [0.2, 0.25) is 0 Å². The highest BCUT2D eigenvalue weighted by Gasteiger charge is 2.21. The molecule has 0 radical (unpaired) electrons. The molecule has 3 rings (SSSR count). The van der Waals surface area contributed by atoms with Crippen molar-refractivity contribution in [2.45, 2.75) is 11.8 Å². The van der Waals surface area contributed by atoms with Crippen molar-refractivity contribution in [2.75, 3.05) is 5.73 Å². The number of nitrogen functional groups attached to an aromatic ring is 1. The summed E-state index contributed by atoms with van der Waals surface area (Å²) in [5.74, 6) is 0. The molecular weight excluding hydrogens is 274 g/mol. The number of anilines is 1. The van der Waals surface area contributed by atoms with Crippen molar-refractivity contribution in [1.82, 2.24) is 8.96 Å². The van der Waals surface area contributed by atoms with Crippen molar-refractivity contribution in [3.8, 4) is 0 Å². The van der Waals surface area contributed by atoms with E-state index in [0.29, 0.717) is 22.4 Å². The molecule has 0 amide bonds. The molecule has 0 aliphatic carbocycles. The van der Waals surface area contributed by atoms with Gasteiger partial charge in [0.2, 0.25) is 0 Å². The van der Waals surface area contributed by atoms with Gasteiger partial charge in [0.15, 0.2) is 5.65 Å². The lowest BCUT2D eigenvalue weighted by Gasteiger charge is -2.09. The molecule has 2 heterocycles. The monoisotopic (exact) mass is 287 g/mol. The van der Waals surface area contributed by atoms with Crippen molar-refractivity contribution >= 4 is 26.7 Å². The highest BCUT2D eigenvalue weighted by molar-refractivity contribution is 7.90. The zero-order chi connectivity index (χ0) is 14.3. The smallest absolute Gasteiger partial charge is 0.269 e. The van der Waals surface area contributed by atoms with Gasteiger partial charge in [-0.3, -0.25) is 0 Å². The normalized spacial score (nSPS) is 11.8. The Hall–Kier alpha value is -2.34. The minimum Gasteiger partial charge on any atom is -0.397 e. The van der Waals surface area contributed by atoms with Gasteiger partial charge in [0, 0.05) is 11.1 Å². The average molecular weight is 287 g/mol. The summed E-state index contributed by atoms with van der Waals surface area (Å²) in [6, 6.07) is 11.8. The maximum absolute atomic E-state index is 12.7. The Bertz CT molecular complexity index is 883. The molecule has 0 saturated carbocycles. The number of fused-ring (bicyclic) bond motifs is 1. The average Bonchev–Trinajstić information content (AvgIpc) is 2.75. The maximum atomic E-state index is 12.7. The van der Waals surface area contributed by atoms with Gasteiger partial charge in [0.25, 0.3) is 10.0 Å². The number of aryl methyl sites for hydroxylation is 1. The Labute approximate surface area is 116 Å². The van der Waals surface area contributed by atoms with Gasteiger partial charge in [0.1, 0.15) is 0 Å². The molecule has 0 saturated heterocycles. The number of pyridine rings is 1. The van der Waals surface area contributed by atoms with Crippen molar-refractivity contribution in [1.29, 1.82) is 0 Å². The number of rotatable bonds is 2. The van der Waals surface area contributed by atoms with Crippen molar-refractivity contribution in [2.24, 2.45) is 0 Å². The predicted molar refractivity (Wildman–Crippen MR) is 77.9 cm³/mol. The minimum atomic E-state index is -3.65. The minimum absolute atomic E-state index is 0.235. The first-order valence-electron chi connectivity index (χ1n) is 6.04. The fourth-order valence-electron chi connectivity index (χ4n) is 2.22. The SMILES string of the molecule is Cc1cc2cc(N)cnc2n1S(=O)(=O)c1ccccc1. The third-order valence-corrected chi connectivity index (χ3v) is 4.88. The second-order valence-corrected chi connectivity index (χ2v) is 6.34. The van der Waals surface area contributed by atoms with Gasteiger partial charge < -0.3 is 5.73 Å². The molecule has 0 aliphatic heterocycles. The largest absolute Gasteiger partial charge is 0.397 e. The first-order chi connectivity index (χ1) is 9.50. The van der Waals surface area contributed by atoms with E-state index in [9.17, 15) is 8.42 Å².